The van der Waals surface area contributed by atoms with Gasteiger partial charge < -0.3 is 4.90 Å². The van der Waals surface area contributed by atoms with Gasteiger partial charge in [0.2, 0.25) is 0 Å². The molecule has 0 amide bonds. The predicted octanol–water partition coefficient (Wildman–Crippen LogP) is 1.71. The molecule has 3 heteroatoms. The summed E-state index contributed by atoms with van der Waals surface area (Å²) in [5.41, 5.74) is 0. The van der Waals surface area contributed by atoms with Crippen molar-refractivity contribution in [3.8, 4) is 6.07 Å². The van der Waals surface area contributed by atoms with E-state index in [1.807, 2.05) is 13.1 Å². The fourth-order valence-electron chi connectivity index (χ4n) is 1.44. The lowest BCUT2D eigenvalue weighted by Crippen LogP contribution is -2.27. The third-order valence-corrected chi connectivity index (χ3v) is 2.67. The predicted molar refractivity (Wildman–Crippen MR) is 50.0 cm³/mol. The van der Waals surface area contributed by atoms with Crippen LogP contribution in [0.3, 0.4) is 0 Å². The topological polar surface area (TPSA) is 27.0 Å². The van der Waals surface area contributed by atoms with Crippen LogP contribution in [0, 0.1) is 23.2 Å². The van der Waals surface area contributed by atoms with E-state index in [4.69, 9.17) is 16.9 Å². The van der Waals surface area contributed by atoms with Crippen molar-refractivity contribution in [2.24, 2.45) is 11.8 Å². The first kappa shape index (κ1) is 9.83. The first-order valence-corrected chi connectivity index (χ1v) is 4.79. The van der Waals surface area contributed by atoms with Crippen LogP contribution in [0.2, 0.25) is 0 Å². The highest BCUT2D eigenvalue weighted by Crippen LogP contribution is 2.37. The Labute approximate surface area is 79.1 Å². The summed E-state index contributed by atoms with van der Waals surface area (Å²) in [7, 11) is 2.03. The van der Waals surface area contributed by atoms with Crippen molar-refractivity contribution < 1.29 is 0 Å². The van der Waals surface area contributed by atoms with Gasteiger partial charge in [0, 0.05) is 13.1 Å². The quantitative estimate of drug-likeness (QED) is 0.625. The normalized spacial score (nSPS) is 29.9. The number of nitrogens with zero attached hydrogens (tertiary/aromatic N) is 2. The average Bonchev–Trinajstić information content (AvgIpc) is 2.66. The number of rotatable bonds is 4. The third kappa shape index (κ3) is 3.00. The molecular formula is C9H15ClN2. The van der Waals surface area contributed by atoms with Crippen LogP contribution in [0.25, 0.3) is 0 Å². The van der Waals surface area contributed by atoms with Gasteiger partial charge in [-0.15, -0.1) is 11.6 Å². The van der Waals surface area contributed by atoms with Gasteiger partial charge in [-0.2, -0.15) is 5.26 Å². The molecule has 1 saturated carbocycles. The summed E-state index contributed by atoms with van der Waals surface area (Å²) in [6, 6.07) is 2.02. The average molecular weight is 187 g/mol. The van der Waals surface area contributed by atoms with E-state index in [0.717, 1.165) is 18.4 Å². The Morgan fingerprint density at radius 3 is 2.75 bits per heavy atom. The molecule has 0 bridgehead atoms. The molecule has 0 radical (unpaired) electrons. The molecule has 2 nitrogen and oxygen atoms in total. The zero-order valence-corrected chi connectivity index (χ0v) is 8.38. The molecule has 0 aromatic rings. The second kappa shape index (κ2) is 4.11. The lowest BCUT2D eigenvalue weighted by molar-refractivity contribution is 0.324. The van der Waals surface area contributed by atoms with E-state index in [0.29, 0.717) is 6.54 Å². The summed E-state index contributed by atoms with van der Waals surface area (Å²) in [6.45, 7) is 4.04. The maximum absolute atomic E-state index is 8.48. The Balaban J connectivity index is 2.12. The van der Waals surface area contributed by atoms with Crippen LogP contribution in [-0.4, -0.2) is 30.4 Å². The second-order valence-electron chi connectivity index (χ2n) is 3.79. The second-order valence-corrected chi connectivity index (χ2v) is 4.32. The molecule has 1 aliphatic rings. The minimum atomic E-state index is -0.357. The first-order chi connectivity index (χ1) is 5.63. The zero-order valence-electron chi connectivity index (χ0n) is 7.63. The molecular weight excluding hydrogens is 172 g/mol. The van der Waals surface area contributed by atoms with E-state index >= 15 is 0 Å². The molecule has 1 fully saturated rings. The molecule has 0 saturated heterocycles. The zero-order chi connectivity index (χ0) is 9.14. The third-order valence-electron chi connectivity index (χ3n) is 2.43. The van der Waals surface area contributed by atoms with Crippen molar-refractivity contribution in [3.63, 3.8) is 0 Å². The molecule has 1 rings (SSSR count). The van der Waals surface area contributed by atoms with E-state index in [1.165, 1.54) is 6.42 Å². The fourth-order valence-corrected chi connectivity index (χ4v) is 1.68. The van der Waals surface area contributed by atoms with Gasteiger partial charge in [0.1, 0.15) is 5.38 Å². The van der Waals surface area contributed by atoms with Crippen molar-refractivity contribution in [3.05, 3.63) is 0 Å². The molecule has 12 heavy (non-hydrogen) atoms. The summed E-state index contributed by atoms with van der Waals surface area (Å²) in [6.07, 6.45) is 1.34. The molecule has 0 aliphatic heterocycles. The molecule has 0 N–H and O–H groups in total. The highest BCUT2D eigenvalue weighted by atomic mass is 35.5. The maximum atomic E-state index is 8.48. The molecule has 68 valence electrons. The summed E-state index contributed by atoms with van der Waals surface area (Å²) in [5, 5.41) is 8.12. The molecule has 1 aliphatic carbocycles. The Bertz CT molecular complexity index is 187. The molecule has 0 spiro atoms. The molecule has 0 heterocycles. The minimum absolute atomic E-state index is 0.357. The van der Waals surface area contributed by atoms with Crippen molar-refractivity contribution >= 4 is 11.6 Å². The Kier molecular flexibility index (Phi) is 3.37. The number of halogens is 1. The largest absolute Gasteiger partial charge is 0.304 e. The van der Waals surface area contributed by atoms with E-state index in [2.05, 4.69) is 11.8 Å². The summed E-state index contributed by atoms with van der Waals surface area (Å²) < 4.78 is 0. The molecule has 3 unspecified atom stereocenters. The van der Waals surface area contributed by atoms with Gasteiger partial charge >= 0.3 is 0 Å². The Morgan fingerprint density at radius 1 is 1.75 bits per heavy atom. The number of hydrogen-bond donors (Lipinski definition) is 0. The number of nitriles is 1. The smallest absolute Gasteiger partial charge is 0.133 e. The number of hydrogen-bond acceptors (Lipinski definition) is 2. The van der Waals surface area contributed by atoms with Gasteiger partial charge in [0.15, 0.2) is 0 Å². The fraction of sp³-hybridized carbons (Fsp3) is 0.889. The highest BCUT2D eigenvalue weighted by Gasteiger charge is 2.33. The molecule has 3 atom stereocenters. The SMILES string of the molecule is CC1CC1CN(C)CC(Cl)C#N. The lowest BCUT2D eigenvalue weighted by atomic mass is 10.3. The van der Waals surface area contributed by atoms with E-state index < -0.39 is 0 Å². The highest BCUT2D eigenvalue weighted by molar-refractivity contribution is 6.22. The lowest BCUT2D eigenvalue weighted by Gasteiger charge is -2.16. The first-order valence-electron chi connectivity index (χ1n) is 4.35. The van der Waals surface area contributed by atoms with Gasteiger partial charge in [-0.1, -0.05) is 6.92 Å². The van der Waals surface area contributed by atoms with Gasteiger partial charge in [-0.25, -0.2) is 0 Å². The summed E-state index contributed by atoms with van der Waals surface area (Å²) >= 11 is 5.70. The van der Waals surface area contributed by atoms with E-state index in [1.54, 1.807) is 0 Å². The van der Waals surface area contributed by atoms with Crippen LogP contribution in [0.15, 0.2) is 0 Å². The van der Waals surface area contributed by atoms with Crippen LogP contribution >= 0.6 is 11.6 Å². The van der Waals surface area contributed by atoms with Crippen molar-refractivity contribution in [1.29, 1.82) is 5.26 Å². The summed E-state index contributed by atoms with van der Waals surface area (Å²) in [4.78, 5) is 2.15. The van der Waals surface area contributed by atoms with Crippen molar-refractivity contribution in [1.82, 2.24) is 4.90 Å². The number of alkyl halides is 1. The van der Waals surface area contributed by atoms with E-state index in [9.17, 15) is 0 Å². The van der Waals surface area contributed by atoms with Crippen molar-refractivity contribution in [2.45, 2.75) is 18.7 Å². The standard InChI is InChI=1S/C9H15ClN2/c1-7-3-8(7)5-12(2)6-9(10)4-11/h7-9H,3,5-6H2,1-2H3. The van der Waals surface area contributed by atoms with Crippen LogP contribution in [0.4, 0.5) is 0 Å². The van der Waals surface area contributed by atoms with Crippen molar-refractivity contribution in [2.75, 3.05) is 20.1 Å². The van der Waals surface area contributed by atoms with Gasteiger partial charge in [0.25, 0.3) is 0 Å². The molecule has 0 aromatic heterocycles. The summed E-state index contributed by atoms with van der Waals surface area (Å²) in [5.74, 6) is 1.72. The van der Waals surface area contributed by atoms with Gasteiger partial charge in [0.05, 0.1) is 6.07 Å². The van der Waals surface area contributed by atoms with E-state index in [-0.39, 0.29) is 5.38 Å². The van der Waals surface area contributed by atoms with Gasteiger partial charge in [-0.05, 0) is 25.3 Å². The Hall–Kier alpha value is -0.260. The van der Waals surface area contributed by atoms with Crippen LogP contribution in [0.5, 0.6) is 0 Å². The Morgan fingerprint density at radius 2 is 2.33 bits per heavy atom. The van der Waals surface area contributed by atoms with Crippen LogP contribution in [0.1, 0.15) is 13.3 Å². The maximum Gasteiger partial charge on any atom is 0.133 e. The molecule has 0 aromatic carbocycles. The van der Waals surface area contributed by atoms with Crippen LogP contribution < -0.4 is 0 Å². The van der Waals surface area contributed by atoms with Crippen LogP contribution in [-0.2, 0) is 0 Å². The van der Waals surface area contributed by atoms with Gasteiger partial charge in [-0.3, -0.25) is 0 Å². The minimum Gasteiger partial charge on any atom is -0.304 e. The monoisotopic (exact) mass is 186 g/mol.